The van der Waals surface area contributed by atoms with Gasteiger partial charge in [-0.15, -0.1) is 0 Å². The number of carbonyl (C=O) groups excluding carboxylic acids is 1. The molecule has 1 amide bonds. The molecule has 3 aromatic rings. The van der Waals surface area contributed by atoms with E-state index < -0.39 is 5.91 Å². The molecule has 2 aromatic carbocycles. The van der Waals surface area contributed by atoms with Crippen LogP contribution in [0.5, 0.6) is 5.75 Å². The highest BCUT2D eigenvalue weighted by atomic mass is 35.5. The second-order valence-corrected chi connectivity index (χ2v) is 5.93. The number of hydrogen-bond donors (Lipinski definition) is 1. The maximum absolute atomic E-state index is 11.9. The molecule has 0 saturated carbocycles. The molecular weight excluding hydrogens is 352 g/mol. The van der Waals surface area contributed by atoms with Gasteiger partial charge in [-0.1, -0.05) is 41.9 Å². The first kappa shape index (κ1) is 17.8. The van der Waals surface area contributed by atoms with Crippen molar-refractivity contribution in [1.82, 2.24) is 5.43 Å². The fourth-order valence-corrected chi connectivity index (χ4v) is 2.45. The third kappa shape index (κ3) is 4.52. The van der Waals surface area contributed by atoms with Crippen LogP contribution in [-0.4, -0.2) is 12.1 Å². The fraction of sp³-hybridized carbons (Fsp3) is 0.100. The number of halogens is 1. The number of nitrogens with zero attached hydrogens (tertiary/aromatic N) is 1. The van der Waals surface area contributed by atoms with Crippen LogP contribution in [0.25, 0.3) is 0 Å². The Bertz CT molecular complexity index is 934. The Labute approximate surface area is 156 Å². The van der Waals surface area contributed by atoms with E-state index >= 15 is 0 Å². The molecule has 1 heterocycles. The second kappa shape index (κ2) is 8.36. The molecule has 0 aliphatic carbocycles. The number of nitrogens with one attached hydrogen (secondary N) is 1. The number of carbonyl (C=O) groups is 1. The summed E-state index contributed by atoms with van der Waals surface area (Å²) in [6, 6.07) is 18.2. The Morgan fingerprint density at radius 1 is 1.15 bits per heavy atom. The lowest BCUT2D eigenvalue weighted by Crippen LogP contribution is -2.16. The molecule has 1 N–H and O–H groups in total. The van der Waals surface area contributed by atoms with Gasteiger partial charge in [0.25, 0.3) is 0 Å². The van der Waals surface area contributed by atoms with Gasteiger partial charge in [-0.2, -0.15) is 5.10 Å². The van der Waals surface area contributed by atoms with Gasteiger partial charge < -0.3 is 9.15 Å². The van der Waals surface area contributed by atoms with Crippen molar-refractivity contribution >= 4 is 23.7 Å². The van der Waals surface area contributed by atoms with Crippen molar-refractivity contribution < 1.29 is 13.9 Å². The Hall–Kier alpha value is -3.05. The lowest BCUT2D eigenvalue weighted by molar-refractivity contribution is 0.0926. The molecule has 6 heteroatoms. The zero-order valence-electron chi connectivity index (χ0n) is 14.1. The molecule has 0 aliphatic rings. The molecule has 132 valence electrons. The van der Waals surface area contributed by atoms with Crippen molar-refractivity contribution in [2.24, 2.45) is 5.10 Å². The third-order valence-corrected chi connectivity index (χ3v) is 3.96. The monoisotopic (exact) mass is 368 g/mol. The van der Waals surface area contributed by atoms with E-state index in [0.717, 1.165) is 11.1 Å². The topological polar surface area (TPSA) is 63.8 Å². The molecule has 0 spiro atoms. The molecule has 0 atom stereocenters. The summed E-state index contributed by atoms with van der Waals surface area (Å²) in [6.45, 7) is 2.11. The van der Waals surface area contributed by atoms with E-state index in [2.05, 4.69) is 10.5 Å². The first-order valence-corrected chi connectivity index (χ1v) is 8.36. The first-order valence-electron chi connectivity index (χ1n) is 7.98. The second-order valence-electron chi connectivity index (χ2n) is 5.53. The largest absolute Gasteiger partial charge is 0.488 e. The number of benzene rings is 2. The van der Waals surface area contributed by atoms with Crippen molar-refractivity contribution in [3.05, 3.63) is 88.3 Å². The number of furan rings is 1. The highest BCUT2D eigenvalue weighted by Gasteiger charge is 2.08. The summed E-state index contributed by atoms with van der Waals surface area (Å²) in [4.78, 5) is 11.9. The normalized spacial score (nSPS) is 10.8. The van der Waals surface area contributed by atoms with Crippen LogP contribution in [0.15, 0.2) is 70.2 Å². The zero-order valence-corrected chi connectivity index (χ0v) is 14.9. The molecule has 0 aliphatic heterocycles. The quantitative estimate of drug-likeness (QED) is 0.511. The summed E-state index contributed by atoms with van der Waals surface area (Å²) in [5.74, 6) is 1.10. The number of rotatable bonds is 6. The maximum Gasteiger partial charge on any atom is 0.307 e. The number of para-hydroxylation sites is 1. The summed E-state index contributed by atoms with van der Waals surface area (Å²) in [6.07, 6.45) is 1.52. The molecule has 0 radical (unpaired) electrons. The zero-order chi connectivity index (χ0) is 18.4. The van der Waals surface area contributed by atoms with Gasteiger partial charge in [-0.05, 0) is 37.3 Å². The van der Waals surface area contributed by atoms with Crippen LogP contribution in [0.1, 0.15) is 27.4 Å². The summed E-state index contributed by atoms with van der Waals surface area (Å²) in [5.41, 5.74) is 4.05. The van der Waals surface area contributed by atoms with Gasteiger partial charge in [0.15, 0.2) is 5.76 Å². The Morgan fingerprint density at radius 2 is 1.92 bits per heavy atom. The maximum atomic E-state index is 11.9. The van der Waals surface area contributed by atoms with Crippen LogP contribution >= 0.6 is 11.6 Å². The molecule has 0 fully saturated rings. The molecule has 1 aromatic heterocycles. The SMILES string of the molecule is Cc1ccc(C(=O)N/N=C\c2ccccc2OCc2ccccc2Cl)o1. The Morgan fingerprint density at radius 3 is 2.69 bits per heavy atom. The van der Waals surface area contributed by atoms with Crippen LogP contribution in [0.2, 0.25) is 5.02 Å². The number of hydrazone groups is 1. The smallest absolute Gasteiger partial charge is 0.307 e. The summed E-state index contributed by atoms with van der Waals surface area (Å²) in [5, 5.41) is 4.62. The van der Waals surface area contributed by atoms with E-state index in [4.69, 9.17) is 20.8 Å². The Balaban J connectivity index is 1.65. The molecule has 0 unspecified atom stereocenters. The molecule has 26 heavy (non-hydrogen) atoms. The van der Waals surface area contributed by atoms with Gasteiger partial charge in [0.2, 0.25) is 0 Å². The van der Waals surface area contributed by atoms with Crippen LogP contribution in [0.3, 0.4) is 0 Å². The lowest BCUT2D eigenvalue weighted by atomic mass is 10.2. The van der Waals surface area contributed by atoms with Crippen molar-refractivity contribution in [1.29, 1.82) is 0 Å². The van der Waals surface area contributed by atoms with E-state index in [-0.39, 0.29) is 5.76 Å². The average Bonchev–Trinajstić information content (AvgIpc) is 3.08. The predicted molar refractivity (Wildman–Crippen MR) is 101 cm³/mol. The first-order chi connectivity index (χ1) is 12.6. The van der Waals surface area contributed by atoms with Crippen LogP contribution in [0, 0.1) is 6.92 Å². The van der Waals surface area contributed by atoms with Gasteiger partial charge in [0.1, 0.15) is 18.1 Å². The highest BCUT2D eigenvalue weighted by Crippen LogP contribution is 2.20. The van der Waals surface area contributed by atoms with E-state index in [1.165, 1.54) is 6.21 Å². The molecule has 0 bridgehead atoms. The standard InChI is InChI=1S/C20H17ClN2O3/c1-14-10-11-19(26-14)20(24)23-22-12-15-6-3-5-9-18(15)25-13-16-7-2-4-8-17(16)21/h2-12H,13H2,1H3,(H,23,24)/b22-12-. The van der Waals surface area contributed by atoms with Crippen molar-refractivity contribution in [3.63, 3.8) is 0 Å². The van der Waals surface area contributed by atoms with Gasteiger partial charge in [0, 0.05) is 16.1 Å². The fourth-order valence-electron chi connectivity index (χ4n) is 2.26. The van der Waals surface area contributed by atoms with Gasteiger partial charge in [-0.25, -0.2) is 5.43 Å². The number of hydrogen-bond acceptors (Lipinski definition) is 4. The summed E-state index contributed by atoms with van der Waals surface area (Å²) >= 11 is 6.15. The minimum atomic E-state index is -0.413. The summed E-state index contributed by atoms with van der Waals surface area (Å²) < 4.78 is 11.1. The van der Waals surface area contributed by atoms with Crippen LogP contribution < -0.4 is 10.2 Å². The van der Waals surface area contributed by atoms with Gasteiger partial charge >= 0.3 is 5.91 Å². The molecule has 5 nitrogen and oxygen atoms in total. The van der Waals surface area contributed by atoms with Gasteiger partial charge in [-0.3, -0.25) is 4.79 Å². The number of aryl methyl sites for hydroxylation is 1. The minimum absolute atomic E-state index is 0.211. The van der Waals surface area contributed by atoms with E-state index in [1.807, 2.05) is 48.5 Å². The van der Waals surface area contributed by atoms with Crippen molar-refractivity contribution in [2.75, 3.05) is 0 Å². The van der Waals surface area contributed by atoms with E-state index in [1.54, 1.807) is 19.1 Å². The van der Waals surface area contributed by atoms with E-state index in [9.17, 15) is 4.79 Å². The van der Waals surface area contributed by atoms with Crippen molar-refractivity contribution in [3.8, 4) is 5.75 Å². The summed E-state index contributed by atoms with van der Waals surface area (Å²) in [7, 11) is 0. The van der Waals surface area contributed by atoms with Crippen molar-refractivity contribution in [2.45, 2.75) is 13.5 Å². The van der Waals surface area contributed by atoms with Crippen LogP contribution in [-0.2, 0) is 6.61 Å². The van der Waals surface area contributed by atoms with E-state index in [0.29, 0.717) is 23.1 Å². The Kier molecular flexibility index (Phi) is 5.71. The predicted octanol–water partition coefficient (Wildman–Crippen LogP) is 4.58. The molecule has 3 rings (SSSR count). The number of ether oxygens (including phenoxy) is 1. The average molecular weight is 369 g/mol. The molecular formula is C20H17ClN2O3. The molecule has 0 saturated heterocycles. The van der Waals surface area contributed by atoms with Gasteiger partial charge in [0.05, 0.1) is 6.21 Å². The third-order valence-electron chi connectivity index (χ3n) is 3.59. The lowest BCUT2D eigenvalue weighted by Gasteiger charge is -2.10. The van der Waals surface area contributed by atoms with Crippen LogP contribution in [0.4, 0.5) is 0 Å². The minimum Gasteiger partial charge on any atom is -0.488 e. The number of amides is 1. The highest BCUT2D eigenvalue weighted by molar-refractivity contribution is 6.31.